The molecule has 0 radical (unpaired) electrons. The second-order valence-corrected chi connectivity index (χ2v) is 6.37. The highest BCUT2D eigenvalue weighted by Crippen LogP contribution is 2.25. The molecular weight excluding hydrogens is 288 g/mol. The minimum atomic E-state index is -0.233. The van der Waals surface area contributed by atoms with Gasteiger partial charge in [-0.2, -0.15) is 0 Å². The Kier molecular flexibility index (Phi) is 5.63. The number of carbonyl (C=O) groups excluding carboxylic acids is 1. The van der Waals surface area contributed by atoms with E-state index in [9.17, 15) is 4.79 Å². The third-order valence-corrected chi connectivity index (χ3v) is 3.39. The molecule has 0 spiro atoms. The molecule has 0 bridgehead atoms. The lowest BCUT2D eigenvalue weighted by molar-refractivity contribution is 0.247. The van der Waals surface area contributed by atoms with Crippen molar-refractivity contribution in [3.05, 3.63) is 60.2 Å². The lowest BCUT2D eigenvalue weighted by Gasteiger charge is -2.19. The van der Waals surface area contributed by atoms with Crippen LogP contribution < -0.4 is 15.4 Å². The number of carbonyl (C=O) groups is 1. The minimum absolute atomic E-state index is 0.0905. The summed E-state index contributed by atoms with van der Waals surface area (Å²) in [5.74, 6) is 0.822. The lowest BCUT2D eigenvalue weighted by atomic mass is 9.87. The van der Waals surface area contributed by atoms with Crippen LogP contribution in [0.3, 0.4) is 0 Å². The van der Waals surface area contributed by atoms with Crippen molar-refractivity contribution in [1.29, 1.82) is 0 Å². The van der Waals surface area contributed by atoms with Crippen molar-refractivity contribution in [1.82, 2.24) is 5.32 Å². The van der Waals surface area contributed by atoms with E-state index in [1.165, 1.54) is 5.56 Å². The zero-order valence-electron chi connectivity index (χ0n) is 13.9. The molecule has 4 heteroatoms. The van der Waals surface area contributed by atoms with Crippen molar-refractivity contribution in [2.45, 2.75) is 26.2 Å². The maximum atomic E-state index is 11.7. The first-order valence-corrected chi connectivity index (χ1v) is 7.78. The summed E-state index contributed by atoms with van der Waals surface area (Å²) in [6.07, 6.45) is 0. The van der Waals surface area contributed by atoms with E-state index in [4.69, 9.17) is 4.74 Å². The summed E-state index contributed by atoms with van der Waals surface area (Å²) in [6.45, 7) is 7.37. The Balaban J connectivity index is 1.74. The first kappa shape index (κ1) is 16.9. The Morgan fingerprint density at radius 3 is 2.48 bits per heavy atom. The minimum Gasteiger partial charge on any atom is -0.492 e. The molecule has 122 valence electrons. The summed E-state index contributed by atoms with van der Waals surface area (Å²) < 4.78 is 5.70. The lowest BCUT2D eigenvalue weighted by Crippen LogP contribution is -2.32. The average molecular weight is 312 g/mol. The van der Waals surface area contributed by atoms with Crippen LogP contribution in [0, 0.1) is 0 Å². The number of para-hydroxylation sites is 1. The summed E-state index contributed by atoms with van der Waals surface area (Å²) in [6, 6.07) is 17.2. The fraction of sp³-hybridized carbons (Fsp3) is 0.316. The maximum absolute atomic E-state index is 11.7. The zero-order valence-corrected chi connectivity index (χ0v) is 13.9. The van der Waals surface area contributed by atoms with Crippen LogP contribution in [0.2, 0.25) is 0 Å². The van der Waals surface area contributed by atoms with Crippen LogP contribution >= 0.6 is 0 Å². The van der Waals surface area contributed by atoms with Crippen LogP contribution in [0.4, 0.5) is 10.5 Å². The molecule has 2 N–H and O–H groups in total. The molecule has 0 aliphatic heterocycles. The van der Waals surface area contributed by atoms with Gasteiger partial charge in [0.15, 0.2) is 0 Å². The molecule has 0 saturated carbocycles. The van der Waals surface area contributed by atoms with Gasteiger partial charge in [0.1, 0.15) is 12.4 Å². The van der Waals surface area contributed by atoms with E-state index >= 15 is 0 Å². The van der Waals surface area contributed by atoms with Gasteiger partial charge in [0.2, 0.25) is 0 Å². The van der Waals surface area contributed by atoms with Gasteiger partial charge in [0, 0.05) is 5.69 Å². The number of hydrogen-bond acceptors (Lipinski definition) is 2. The van der Waals surface area contributed by atoms with Gasteiger partial charge in [-0.15, -0.1) is 0 Å². The quantitative estimate of drug-likeness (QED) is 0.814. The Morgan fingerprint density at radius 1 is 1.04 bits per heavy atom. The molecule has 23 heavy (non-hydrogen) atoms. The van der Waals surface area contributed by atoms with Crippen LogP contribution in [0.5, 0.6) is 5.75 Å². The fourth-order valence-corrected chi connectivity index (χ4v) is 2.08. The van der Waals surface area contributed by atoms with Crippen LogP contribution in [0.1, 0.15) is 26.3 Å². The number of urea groups is 1. The predicted molar refractivity (Wildman–Crippen MR) is 94.1 cm³/mol. The topological polar surface area (TPSA) is 50.4 Å². The van der Waals surface area contributed by atoms with Gasteiger partial charge in [-0.25, -0.2) is 4.79 Å². The van der Waals surface area contributed by atoms with Gasteiger partial charge in [-0.05, 0) is 35.2 Å². The van der Waals surface area contributed by atoms with E-state index in [-0.39, 0.29) is 11.4 Å². The third-order valence-electron chi connectivity index (χ3n) is 3.39. The number of rotatable bonds is 5. The highest BCUT2D eigenvalue weighted by atomic mass is 16.5. The normalized spacial score (nSPS) is 10.9. The van der Waals surface area contributed by atoms with Crippen molar-refractivity contribution >= 4 is 11.7 Å². The van der Waals surface area contributed by atoms with Gasteiger partial charge >= 0.3 is 6.03 Å². The SMILES string of the molecule is CC(C)(C)c1cccc(OCCNC(=O)Nc2ccccc2)c1. The largest absolute Gasteiger partial charge is 0.492 e. The van der Waals surface area contributed by atoms with Crippen molar-refractivity contribution < 1.29 is 9.53 Å². The van der Waals surface area contributed by atoms with E-state index in [0.29, 0.717) is 13.2 Å². The van der Waals surface area contributed by atoms with Crippen LogP contribution in [0.15, 0.2) is 54.6 Å². The molecule has 0 fully saturated rings. The Labute approximate surface area is 137 Å². The van der Waals surface area contributed by atoms with Gasteiger partial charge in [0.05, 0.1) is 6.54 Å². The molecule has 2 amide bonds. The first-order valence-electron chi connectivity index (χ1n) is 7.78. The number of benzene rings is 2. The van der Waals surface area contributed by atoms with E-state index in [2.05, 4.69) is 37.5 Å². The summed E-state index contributed by atoms with van der Waals surface area (Å²) >= 11 is 0. The van der Waals surface area contributed by atoms with E-state index < -0.39 is 0 Å². The first-order chi connectivity index (χ1) is 10.9. The number of amides is 2. The maximum Gasteiger partial charge on any atom is 0.319 e. The Morgan fingerprint density at radius 2 is 1.78 bits per heavy atom. The van der Waals surface area contributed by atoms with Crippen LogP contribution in [0.25, 0.3) is 0 Å². The smallest absolute Gasteiger partial charge is 0.319 e. The van der Waals surface area contributed by atoms with E-state index in [1.807, 2.05) is 48.5 Å². The highest BCUT2D eigenvalue weighted by molar-refractivity contribution is 5.89. The number of nitrogens with one attached hydrogen (secondary N) is 2. The van der Waals surface area contributed by atoms with E-state index in [0.717, 1.165) is 11.4 Å². The molecule has 0 unspecified atom stereocenters. The van der Waals surface area contributed by atoms with Gasteiger partial charge < -0.3 is 15.4 Å². The standard InChI is InChI=1S/C19H24N2O2/c1-19(2,3)15-8-7-11-17(14-15)23-13-12-20-18(22)21-16-9-5-4-6-10-16/h4-11,14H,12-13H2,1-3H3,(H2,20,21,22). The molecule has 0 heterocycles. The zero-order chi connectivity index (χ0) is 16.7. The molecule has 0 aliphatic carbocycles. The van der Waals surface area contributed by atoms with Crippen LogP contribution in [-0.4, -0.2) is 19.2 Å². The number of ether oxygens (including phenoxy) is 1. The summed E-state index contributed by atoms with van der Waals surface area (Å²) in [7, 11) is 0. The average Bonchev–Trinajstić information content (AvgIpc) is 2.52. The fourth-order valence-electron chi connectivity index (χ4n) is 2.08. The predicted octanol–water partition coefficient (Wildman–Crippen LogP) is 4.18. The molecule has 2 aromatic rings. The molecule has 2 rings (SSSR count). The molecule has 0 aliphatic rings. The molecular formula is C19H24N2O2. The number of hydrogen-bond donors (Lipinski definition) is 2. The Bertz CT molecular complexity index is 633. The van der Waals surface area contributed by atoms with E-state index in [1.54, 1.807) is 0 Å². The molecule has 0 aromatic heterocycles. The van der Waals surface area contributed by atoms with Crippen LogP contribution in [-0.2, 0) is 5.41 Å². The molecule has 0 atom stereocenters. The van der Waals surface area contributed by atoms with Crippen molar-refractivity contribution in [3.63, 3.8) is 0 Å². The van der Waals surface area contributed by atoms with Gasteiger partial charge in [0.25, 0.3) is 0 Å². The third kappa shape index (κ3) is 5.66. The number of anilines is 1. The van der Waals surface area contributed by atoms with Gasteiger partial charge in [-0.3, -0.25) is 0 Å². The second-order valence-electron chi connectivity index (χ2n) is 6.37. The van der Waals surface area contributed by atoms with Crippen molar-refractivity contribution in [3.8, 4) is 5.75 Å². The summed E-state index contributed by atoms with van der Waals surface area (Å²) in [4.78, 5) is 11.7. The summed E-state index contributed by atoms with van der Waals surface area (Å²) in [5.41, 5.74) is 2.08. The van der Waals surface area contributed by atoms with Crippen molar-refractivity contribution in [2.75, 3.05) is 18.5 Å². The monoisotopic (exact) mass is 312 g/mol. The highest BCUT2D eigenvalue weighted by Gasteiger charge is 2.13. The molecule has 0 saturated heterocycles. The Hall–Kier alpha value is -2.49. The van der Waals surface area contributed by atoms with Gasteiger partial charge in [-0.1, -0.05) is 51.1 Å². The molecule has 4 nitrogen and oxygen atoms in total. The van der Waals surface area contributed by atoms with Crippen molar-refractivity contribution in [2.24, 2.45) is 0 Å². The second kappa shape index (κ2) is 7.68. The summed E-state index contributed by atoms with van der Waals surface area (Å²) in [5, 5.41) is 5.54. The molecule has 2 aromatic carbocycles.